The number of ether oxygens (including phenoxy) is 2. The van der Waals surface area contributed by atoms with Gasteiger partial charge in [-0.3, -0.25) is 0 Å². The number of aliphatic hydroxyl groups excluding tert-OH is 3. The van der Waals surface area contributed by atoms with Gasteiger partial charge in [-0.05, 0) is 6.42 Å². The van der Waals surface area contributed by atoms with Crippen molar-refractivity contribution >= 4 is 0 Å². The second-order valence-electron chi connectivity index (χ2n) is 8.04. The van der Waals surface area contributed by atoms with E-state index in [2.05, 4.69) is 6.92 Å². The molecule has 5 heteroatoms. The van der Waals surface area contributed by atoms with Crippen LogP contribution in [0.4, 0.5) is 0 Å². The van der Waals surface area contributed by atoms with Gasteiger partial charge in [0.05, 0.1) is 13.2 Å². The average molecular weight is 389 g/mol. The van der Waals surface area contributed by atoms with Crippen molar-refractivity contribution in [3.8, 4) is 0 Å². The van der Waals surface area contributed by atoms with Gasteiger partial charge in [0.15, 0.2) is 0 Å². The highest BCUT2D eigenvalue weighted by molar-refractivity contribution is 4.87. The summed E-state index contributed by atoms with van der Waals surface area (Å²) in [6.45, 7) is 2.79. The zero-order valence-corrected chi connectivity index (χ0v) is 17.5. The molecule has 1 aliphatic rings. The van der Waals surface area contributed by atoms with Crippen molar-refractivity contribution in [3.05, 3.63) is 0 Å². The number of hydrogen-bond donors (Lipinski definition) is 3. The molecule has 0 aromatic rings. The lowest BCUT2D eigenvalue weighted by molar-refractivity contribution is -0.208. The lowest BCUT2D eigenvalue weighted by atomic mass is 10.0. The molecule has 4 atom stereocenters. The Hall–Kier alpha value is -0.200. The molecular formula is C22H44O5. The molecule has 3 N–H and O–H groups in total. The number of hydrogen-bond acceptors (Lipinski definition) is 5. The maximum Gasteiger partial charge on any atom is 0.111 e. The molecule has 0 radical (unpaired) electrons. The van der Waals surface area contributed by atoms with Crippen LogP contribution in [0.1, 0.15) is 96.8 Å². The highest BCUT2D eigenvalue weighted by Crippen LogP contribution is 2.18. The molecular weight excluding hydrogens is 344 g/mol. The summed E-state index contributed by atoms with van der Waals surface area (Å²) in [7, 11) is 0. The molecule has 0 aliphatic carbocycles. The van der Waals surface area contributed by atoms with Crippen LogP contribution < -0.4 is 0 Å². The van der Waals surface area contributed by atoms with E-state index >= 15 is 0 Å². The van der Waals surface area contributed by atoms with Crippen molar-refractivity contribution in [1.82, 2.24) is 0 Å². The van der Waals surface area contributed by atoms with Crippen LogP contribution in [0.5, 0.6) is 0 Å². The summed E-state index contributed by atoms with van der Waals surface area (Å²) < 4.78 is 11.0. The fraction of sp³-hybridized carbons (Fsp3) is 1.00. The molecule has 1 heterocycles. The second kappa shape index (κ2) is 16.7. The molecule has 0 aromatic carbocycles. The topological polar surface area (TPSA) is 79.2 Å². The Morgan fingerprint density at radius 3 is 1.70 bits per heavy atom. The highest BCUT2D eigenvalue weighted by atomic mass is 16.6. The van der Waals surface area contributed by atoms with Crippen LogP contribution in [-0.4, -0.2) is 59.6 Å². The lowest BCUT2D eigenvalue weighted by Gasteiger charge is -2.36. The Labute approximate surface area is 166 Å². The first-order valence-corrected chi connectivity index (χ1v) is 11.4. The van der Waals surface area contributed by atoms with E-state index in [1.807, 2.05) is 0 Å². The van der Waals surface area contributed by atoms with Gasteiger partial charge in [0.25, 0.3) is 0 Å². The zero-order valence-electron chi connectivity index (χ0n) is 17.5. The third kappa shape index (κ3) is 11.4. The number of unbranched alkanes of at least 4 members (excludes halogenated alkanes) is 13. The van der Waals surface area contributed by atoms with Gasteiger partial charge in [0, 0.05) is 6.61 Å². The van der Waals surface area contributed by atoms with Gasteiger partial charge in [-0.2, -0.15) is 0 Å². The minimum absolute atomic E-state index is 0.224. The van der Waals surface area contributed by atoms with Gasteiger partial charge >= 0.3 is 0 Å². The van der Waals surface area contributed by atoms with Crippen LogP contribution in [0, 0.1) is 0 Å². The Balaban J connectivity index is 1.83. The molecule has 0 aromatic heterocycles. The molecule has 0 bridgehead atoms. The molecule has 27 heavy (non-hydrogen) atoms. The van der Waals surface area contributed by atoms with Gasteiger partial charge < -0.3 is 24.8 Å². The minimum Gasteiger partial charge on any atom is -0.394 e. The largest absolute Gasteiger partial charge is 0.394 e. The van der Waals surface area contributed by atoms with E-state index in [9.17, 15) is 10.2 Å². The van der Waals surface area contributed by atoms with Crippen molar-refractivity contribution in [2.75, 3.05) is 19.8 Å². The van der Waals surface area contributed by atoms with E-state index < -0.39 is 24.4 Å². The van der Waals surface area contributed by atoms with E-state index in [0.29, 0.717) is 6.61 Å². The van der Waals surface area contributed by atoms with Crippen molar-refractivity contribution in [1.29, 1.82) is 0 Å². The summed E-state index contributed by atoms with van der Waals surface area (Å²) in [6, 6.07) is 0. The summed E-state index contributed by atoms with van der Waals surface area (Å²) in [5.74, 6) is 0. The first-order chi connectivity index (χ1) is 13.2. The fourth-order valence-corrected chi connectivity index (χ4v) is 3.69. The van der Waals surface area contributed by atoms with E-state index in [-0.39, 0.29) is 13.2 Å². The molecule has 0 unspecified atom stereocenters. The van der Waals surface area contributed by atoms with Crippen molar-refractivity contribution in [2.45, 2.75) is 121 Å². The fourth-order valence-electron chi connectivity index (χ4n) is 3.69. The highest BCUT2D eigenvalue weighted by Gasteiger charge is 2.38. The van der Waals surface area contributed by atoms with Crippen molar-refractivity contribution < 1.29 is 24.8 Å². The third-order valence-corrected chi connectivity index (χ3v) is 5.60. The van der Waals surface area contributed by atoms with Crippen molar-refractivity contribution in [3.63, 3.8) is 0 Å². The van der Waals surface area contributed by atoms with Crippen LogP contribution in [0.15, 0.2) is 0 Å². The maximum atomic E-state index is 9.99. The second-order valence-corrected chi connectivity index (χ2v) is 8.04. The predicted octanol–water partition coefficient (Wildman–Crippen LogP) is 3.97. The summed E-state index contributed by atoms with van der Waals surface area (Å²) in [5, 5.41) is 28.9. The molecule has 1 fully saturated rings. The molecule has 162 valence electrons. The first kappa shape index (κ1) is 24.8. The molecule has 0 saturated carbocycles. The van der Waals surface area contributed by atoms with Crippen LogP contribution in [0.2, 0.25) is 0 Å². The normalized spacial score (nSPS) is 25.8. The van der Waals surface area contributed by atoms with Crippen LogP contribution >= 0.6 is 0 Å². The standard InChI is InChI=1S/C22H44O5/c1-2-3-4-5-6-7-8-9-10-11-12-13-14-15-16-26-20-18-27-19(17-23)21(24)22(20)25/h19-25H,2-18H2,1H3/t19-,20+,21-,22-/m1/s1. The summed E-state index contributed by atoms with van der Waals surface area (Å²) >= 11 is 0. The van der Waals surface area contributed by atoms with Crippen LogP contribution in [-0.2, 0) is 9.47 Å². The molecule has 0 amide bonds. The summed E-state index contributed by atoms with van der Waals surface area (Å²) in [4.78, 5) is 0. The van der Waals surface area contributed by atoms with E-state index in [1.54, 1.807) is 0 Å². The number of aliphatic hydroxyl groups is 3. The van der Waals surface area contributed by atoms with Crippen LogP contribution in [0.3, 0.4) is 0 Å². The molecule has 1 aliphatic heterocycles. The van der Waals surface area contributed by atoms with Crippen LogP contribution in [0.25, 0.3) is 0 Å². The van der Waals surface area contributed by atoms with E-state index in [0.717, 1.165) is 12.8 Å². The average Bonchev–Trinajstić information content (AvgIpc) is 2.68. The molecule has 0 spiro atoms. The van der Waals surface area contributed by atoms with Gasteiger partial charge in [0.1, 0.15) is 24.4 Å². The van der Waals surface area contributed by atoms with Gasteiger partial charge in [0.2, 0.25) is 0 Å². The molecule has 5 nitrogen and oxygen atoms in total. The smallest absolute Gasteiger partial charge is 0.111 e. The first-order valence-electron chi connectivity index (χ1n) is 11.4. The predicted molar refractivity (Wildman–Crippen MR) is 109 cm³/mol. The summed E-state index contributed by atoms with van der Waals surface area (Å²) in [5.41, 5.74) is 0. The quantitative estimate of drug-likeness (QED) is 0.329. The molecule has 1 saturated heterocycles. The van der Waals surface area contributed by atoms with Gasteiger partial charge in [-0.25, -0.2) is 0 Å². The number of rotatable bonds is 17. The lowest BCUT2D eigenvalue weighted by Crippen LogP contribution is -2.55. The Morgan fingerprint density at radius 2 is 1.22 bits per heavy atom. The monoisotopic (exact) mass is 388 g/mol. The Morgan fingerprint density at radius 1 is 0.741 bits per heavy atom. The maximum absolute atomic E-state index is 9.99. The Kier molecular flexibility index (Phi) is 15.4. The molecule has 1 rings (SSSR count). The third-order valence-electron chi connectivity index (χ3n) is 5.60. The van der Waals surface area contributed by atoms with E-state index in [4.69, 9.17) is 14.6 Å². The minimum atomic E-state index is -1.08. The SMILES string of the molecule is CCCCCCCCCCCCCCCCO[C@H]1CO[C@H](CO)[C@@H](O)[C@@H]1O. The van der Waals surface area contributed by atoms with Crippen molar-refractivity contribution in [2.24, 2.45) is 0 Å². The van der Waals surface area contributed by atoms with Gasteiger partial charge in [-0.15, -0.1) is 0 Å². The zero-order chi connectivity index (χ0) is 19.7. The van der Waals surface area contributed by atoms with E-state index in [1.165, 1.54) is 77.0 Å². The Bertz CT molecular complexity index is 326. The summed E-state index contributed by atoms with van der Waals surface area (Å²) in [6.07, 6.45) is 15.2. The van der Waals surface area contributed by atoms with Gasteiger partial charge in [-0.1, -0.05) is 90.4 Å².